The zero-order valence-corrected chi connectivity index (χ0v) is 8.85. The van der Waals surface area contributed by atoms with Gasteiger partial charge in [0.15, 0.2) is 0 Å². The van der Waals surface area contributed by atoms with Crippen LogP contribution in [0, 0.1) is 11.8 Å². The Morgan fingerprint density at radius 2 is 1.83 bits per heavy atom. The highest BCUT2D eigenvalue weighted by Gasteiger charge is 2.15. The Morgan fingerprint density at radius 3 is 2.08 bits per heavy atom. The standard InChI is InChI=1S/C10H21NO.H2/c1-7(2)6-10(8(3)4)11-9(5)12;/h7-8,10H,6H2,1-5H3,(H,11,12);1H. The number of amides is 1. The van der Waals surface area contributed by atoms with Crippen molar-refractivity contribution < 1.29 is 6.22 Å². The maximum Gasteiger partial charge on any atom is 0.217 e. The van der Waals surface area contributed by atoms with Gasteiger partial charge >= 0.3 is 0 Å². The lowest BCUT2D eigenvalue weighted by Crippen LogP contribution is -2.38. The predicted octanol–water partition coefficient (Wildman–Crippen LogP) is 2.44. The van der Waals surface area contributed by atoms with Crippen LogP contribution in [0.5, 0.6) is 0 Å². The van der Waals surface area contributed by atoms with Crippen LogP contribution in [0.1, 0.15) is 42.5 Å². The second-order valence-corrected chi connectivity index (χ2v) is 4.18. The van der Waals surface area contributed by atoms with Gasteiger partial charge in [-0.1, -0.05) is 27.7 Å². The summed E-state index contributed by atoms with van der Waals surface area (Å²) in [5.74, 6) is 1.25. The normalized spacial score (nSPS) is 13.6. The SMILES string of the molecule is CC(=O)NC(CC(C)C)C(C)C.[HH]. The molecule has 0 saturated heterocycles. The van der Waals surface area contributed by atoms with E-state index in [9.17, 15) is 4.79 Å². The van der Waals surface area contributed by atoms with E-state index in [0.717, 1.165) is 6.42 Å². The molecule has 1 amide bonds. The lowest BCUT2D eigenvalue weighted by Gasteiger charge is -2.23. The lowest BCUT2D eigenvalue weighted by atomic mass is 9.94. The molecule has 0 radical (unpaired) electrons. The van der Waals surface area contributed by atoms with E-state index in [1.54, 1.807) is 6.92 Å². The van der Waals surface area contributed by atoms with Gasteiger partial charge in [0, 0.05) is 14.4 Å². The van der Waals surface area contributed by atoms with Crippen LogP contribution in [0.25, 0.3) is 0 Å². The first kappa shape index (κ1) is 11.5. The number of nitrogens with one attached hydrogen (secondary N) is 1. The number of rotatable bonds is 4. The molecule has 0 aliphatic carbocycles. The molecule has 0 aliphatic rings. The molecule has 12 heavy (non-hydrogen) atoms. The van der Waals surface area contributed by atoms with Gasteiger partial charge in [0.2, 0.25) is 5.91 Å². The third-order valence-electron chi connectivity index (χ3n) is 1.92. The summed E-state index contributed by atoms with van der Waals surface area (Å²) in [5, 5.41) is 2.97. The third kappa shape index (κ3) is 5.16. The highest BCUT2D eigenvalue weighted by atomic mass is 16.1. The maximum absolute atomic E-state index is 10.8. The van der Waals surface area contributed by atoms with E-state index in [0.29, 0.717) is 17.9 Å². The summed E-state index contributed by atoms with van der Waals surface area (Å²) in [7, 11) is 0. The summed E-state index contributed by atoms with van der Waals surface area (Å²) >= 11 is 0. The minimum Gasteiger partial charge on any atom is -0.353 e. The quantitative estimate of drug-likeness (QED) is 0.695. The van der Waals surface area contributed by atoms with Crippen LogP contribution in [0.4, 0.5) is 0 Å². The average Bonchev–Trinajstić information content (AvgIpc) is 1.83. The molecule has 74 valence electrons. The molecule has 0 aromatic heterocycles. The van der Waals surface area contributed by atoms with Gasteiger partial charge in [0.1, 0.15) is 0 Å². The van der Waals surface area contributed by atoms with Crippen LogP contribution in [-0.2, 0) is 4.79 Å². The minimum atomic E-state index is 0. The lowest BCUT2D eigenvalue weighted by molar-refractivity contribution is -0.120. The van der Waals surface area contributed by atoms with E-state index in [1.807, 2.05) is 0 Å². The molecule has 1 unspecified atom stereocenters. The summed E-state index contributed by atoms with van der Waals surface area (Å²) in [5.41, 5.74) is 0. The predicted molar refractivity (Wildman–Crippen MR) is 54.0 cm³/mol. The second kappa shape index (κ2) is 5.18. The summed E-state index contributed by atoms with van der Waals surface area (Å²) < 4.78 is 0. The van der Waals surface area contributed by atoms with E-state index in [4.69, 9.17) is 0 Å². The van der Waals surface area contributed by atoms with Crippen LogP contribution in [0.15, 0.2) is 0 Å². The first-order chi connectivity index (χ1) is 5.43. The van der Waals surface area contributed by atoms with Crippen molar-refractivity contribution in [2.24, 2.45) is 11.8 Å². The fraction of sp³-hybridized carbons (Fsp3) is 0.900. The molecule has 0 bridgehead atoms. The molecule has 0 saturated carbocycles. The molecule has 0 spiro atoms. The Labute approximate surface area is 77.2 Å². The van der Waals surface area contributed by atoms with E-state index < -0.39 is 0 Å². The van der Waals surface area contributed by atoms with Gasteiger partial charge in [-0.2, -0.15) is 0 Å². The van der Waals surface area contributed by atoms with Gasteiger partial charge in [0.25, 0.3) is 0 Å². The summed E-state index contributed by atoms with van der Waals surface area (Å²) in [6.07, 6.45) is 1.07. The molecule has 2 heteroatoms. The van der Waals surface area contributed by atoms with E-state index in [2.05, 4.69) is 33.0 Å². The van der Waals surface area contributed by atoms with Crippen molar-refractivity contribution in [2.75, 3.05) is 0 Å². The molecule has 1 N–H and O–H groups in total. The Bertz CT molecular complexity index is 146. The van der Waals surface area contributed by atoms with Crippen molar-refractivity contribution in [3.05, 3.63) is 0 Å². The number of carbonyl (C=O) groups is 1. The molecule has 0 aromatic carbocycles. The van der Waals surface area contributed by atoms with Crippen molar-refractivity contribution in [2.45, 2.75) is 47.1 Å². The molecule has 2 nitrogen and oxygen atoms in total. The monoisotopic (exact) mass is 173 g/mol. The zero-order chi connectivity index (χ0) is 9.72. The van der Waals surface area contributed by atoms with Crippen LogP contribution >= 0.6 is 0 Å². The van der Waals surface area contributed by atoms with Gasteiger partial charge in [-0.15, -0.1) is 0 Å². The number of hydrogen-bond acceptors (Lipinski definition) is 1. The van der Waals surface area contributed by atoms with Crippen LogP contribution in [0.3, 0.4) is 0 Å². The van der Waals surface area contributed by atoms with Gasteiger partial charge in [-0.3, -0.25) is 4.79 Å². The molecular weight excluding hydrogens is 150 g/mol. The molecular formula is C10H23NO. The molecule has 0 rings (SSSR count). The van der Waals surface area contributed by atoms with E-state index in [-0.39, 0.29) is 7.33 Å². The average molecular weight is 173 g/mol. The largest absolute Gasteiger partial charge is 0.353 e. The minimum absolute atomic E-state index is 0. The topological polar surface area (TPSA) is 29.1 Å². The summed E-state index contributed by atoms with van der Waals surface area (Å²) in [6, 6.07) is 0.336. The van der Waals surface area contributed by atoms with Crippen molar-refractivity contribution in [1.29, 1.82) is 0 Å². The van der Waals surface area contributed by atoms with Gasteiger partial charge in [0.05, 0.1) is 0 Å². The van der Waals surface area contributed by atoms with Gasteiger partial charge in [-0.05, 0) is 18.3 Å². The van der Waals surface area contributed by atoms with Crippen LogP contribution in [0.2, 0.25) is 0 Å². The summed E-state index contributed by atoms with van der Waals surface area (Å²) in [4.78, 5) is 10.8. The molecule has 0 aromatic rings. The Kier molecular flexibility index (Phi) is 4.95. The van der Waals surface area contributed by atoms with Crippen molar-refractivity contribution >= 4 is 5.91 Å². The van der Waals surface area contributed by atoms with Crippen LogP contribution in [-0.4, -0.2) is 11.9 Å². The van der Waals surface area contributed by atoms with Crippen molar-refractivity contribution in [3.8, 4) is 0 Å². The Balaban J connectivity index is 0. The first-order valence-electron chi connectivity index (χ1n) is 4.70. The second-order valence-electron chi connectivity index (χ2n) is 4.18. The molecule has 0 fully saturated rings. The first-order valence-corrected chi connectivity index (χ1v) is 4.70. The fourth-order valence-electron chi connectivity index (χ4n) is 1.27. The van der Waals surface area contributed by atoms with Crippen LogP contribution < -0.4 is 5.32 Å². The van der Waals surface area contributed by atoms with Crippen molar-refractivity contribution in [3.63, 3.8) is 0 Å². The maximum atomic E-state index is 10.8. The summed E-state index contributed by atoms with van der Waals surface area (Å²) in [6.45, 7) is 10.2. The zero-order valence-electron chi connectivity index (χ0n) is 8.85. The fourth-order valence-corrected chi connectivity index (χ4v) is 1.27. The van der Waals surface area contributed by atoms with Gasteiger partial charge in [-0.25, -0.2) is 0 Å². The Morgan fingerprint density at radius 1 is 1.33 bits per heavy atom. The van der Waals surface area contributed by atoms with Gasteiger partial charge < -0.3 is 5.32 Å². The Hall–Kier alpha value is -0.530. The van der Waals surface area contributed by atoms with E-state index >= 15 is 0 Å². The smallest absolute Gasteiger partial charge is 0.217 e. The third-order valence-corrected chi connectivity index (χ3v) is 1.92. The molecule has 0 aliphatic heterocycles. The van der Waals surface area contributed by atoms with E-state index in [1.165, 1.54) is 0 Å². The molecule has 1 atom stereocenters. The number of hydrogen-bond donors (Lipinski definition) is 1. The van der Waals surface area contributed by atoms with Crippen molar-refractivity contribution in [1.82, 2.24) is 5.32 Å². The number of carbonyl (C=O) groups excluding carboxylic acids is 1. The highest BCUT2D eigenvalue weighted by Crippen LogP contribution is 2.12. The highest BCUT2D eigenvalue weighted by molar-refractivity contribution is 5.73. The molecule has 0 heterocycles.